The molecule has 0 radical (unpaired) electrons. The number of nitrogens with one attached hydrogen (secondary N) is 1. The maximum absolute atomic E-state index is 11.1. The zero-order chi connectivity index (χ0) is 12.3. The van der Waals surface area contributed by atoms with Crippen molar-refractivity contribution in [2.75, 3.05) is 23.1 Å². The number of aromatic nitrogens is 1. The highest BCUT2D eigenvalue weighted by Gasteiger charge is 2.10. The summed E-state index contributed by atoms with van der Waals surface area (Å²) >= 11 is 0. The van der Waals surface area contributed by atoms with Gasteiger partial charge in [-0.05, 0) is 26.0 Å². The van der Waals surface area contributed by atoms with E-state index in [0.29, 0.717) is 11.5 Å². The monoisotopic (exact) mass is 243 g/mol. The van der Waals surface area contributed by atoms with E-state index in [0.717, 1.165) is 5.69 Å². The lowest BCUT2D eigenvalue weighted by atomic mass is 10.3. The first-order chi connectivity index (χ1) is 7.28. The predicted octanol–water partition coefficient (Wildman–Crippen LogP) is 0.817. The van der Waals surface area contributed by atoms with Gasteiger partial charge in [0.1, 0.15) is 15.7 Å². The molecular formula is C10H17N3O2S. The lowest BCUT2D eigenvalue weighted by Gasteiger charge is -2.14. The molecule has 0 aliphatic rings. The van der Waals surface area contributed by atoms with E-state index < -0.39 is 9.84 Å². The average molecular weight is 243 g/mol. The Hall–Kier alpha value is -1.30. The summed E-state index contributed by atoms with van der Waals surface area (Å²) in [4.78, 5) is 4.21. The highest BCUT2D eigenvalue weighted by Crippen LogP contribution is 2.12. The molecule has 1 unspecified atom stereocenters. The summed E-state index contributed by atoms with van der Waals surface area (Å²) in [5.41, 5.74) is 6.99. The molecule has 0 aliphatic carbocycles. The van der Waals surface area contributed by atoms with Crippen LogP contribution in [0.5, 0.6) is 0 Å². The Morgan fingerprint density at radius 1 is 1.50 bits per heavy atom. The molecule has 1 rings (SSSR count). The predicted molar refractivity (Wildman–Crippen MR) is 66.2 cm³/mol. The van der Waals surface area contributed by atoms with Crippen LogP contribution in [-0.2, 0) is 9.84 Å². The van der Waals surface area contributed by atoms with Crippen LogP contribution in [0.25, 0.3) is 0 Å². The molecule has 0 aliphatic heterocycles. The largest absolute Gasteiger partial charge is 0.397 e. The quantitative estimate of drug-likeness (QED) is 0.817. The summed E-state index contributed by atoms with van der Waals surface area (Å²) in [6, 6.07) is 3.31. The minimum atomic E-state index is -2.98. The van der Waals surface area contributed by atoms with Gasteiger partial charge in [-0.15, -0.1) is 0 Å². The van der Waals surface area contributed by atoms with Gasteiger partial charge in [0.05, 0.1) is 17.1 Å². The molecule has 0 saturated carbocycles. The van der Waals surface area contributed by atoms with Crippen LogP contribution in [0.3, 0.4) is 0 Å². The fourth-order valence-corrected chi connectivity index (χ4v) is 2.39. The van der Waals surface area contributed by atoms with Crippen molar-refractivity contribution in [2.45, 2.75) is 19.9 Å². The third-order valence-electron chi connectivity index (χ3n) is 2.07. The summed E-state index contributed by atoms with van der Waals surface area (Å²) in [6.45, 7) is 3.61. The molecule has 3 N–H and O–H groups in total. The summed E-state index contributed by atoms with van der Waals surface area (Å²) in [5.74, 6) is 0.723. The fraction of sp³-hybridized carbons (Fsp3) is 0.500. The lowest BCUT2D eigenvalue weighted by molar-refractivity contribution is 0.598. The number of aryl methyl sites for hydroxylation is 1. The topological polar surface area (TPSA) is 85.1 Å². The molecule has 0 spiro atoms. The number of sulfone groups is 1. The van der Waals surface area contributed by atoms with Crippen LogP contribution in [0.4, 0.5) is 11.5 Å². The highest BCUT2D eigenvalue weighted by atomic mass is 32.2. The van der Waals surface area contributed by atoms with Crippen molar-refractivity contribution >= 4 is 21.3 Å². The van der Waals surface area contributed by atoms with E-state index in [1.165, 1.54) is 6.26 Å². The summed E-state index contributed by atoms with van der Waals surface area (Å²) < 4.78 is 22.1. The van der Waals surface area contributed by atoms with Gasteiger partial charge in [-0.3, -0.25) is 0 Å². The van der Waals surface area contributed by atoms with Crippen LogP contribution < -0.4 is 11.1 Å². The van der Waals surface area contributed by atoms with Gasteiger partial charge < -0.3 is 11.1 Å². The van der Waals surface area contributed by atoms with Crippen molar-refractivity contribution < 1.29 is 8.42 Å². The third-order valence-corrected chi connectivity index (χ3v) is 3.18. The summed E-state index contributed by atoms with van der Waals surface area (Å²) in [6.07, 6.45) is 1.22. The average Bonchev–Trinajstić information content (AvgIpc) is 2.08. The van der Waals surface area contributed by atoms with Gasteiger partial charge in [-0.1, -0.05) is 0 Å². The van der Waals surface area contributed by atoms with Crippen LogP contribution in [0.2, 0.25) is 0 Å². The Morgan fingerprint density at radius 2 is 2.12 bits per heavy atom. The van der Waals surface area contributed by atoms with Crippen LogP contribution in [0.15, 0.2) is 12.1 Å². The van der Waals surface area contributed by atoms with Crippen molar-refractivity contribution in [2.24, 2.45) is 0 Å². The molecule has 1 heterocycles. The van der Waals surface area contributed by atoms with Crippen LogP contribution in [0.1, 0.15) is 12.6 Å². The molecule has 6 heteroatoms. The maximum atomic E-state index is 11.1. The van der Waals surface area contributed by atoms with E-state index in [4.69, 9.17) is 5.73 Å². The highest BCUT2D eigenvalue weighted by molar-refractivity contribution is 7.90. The Labute approximate surface area is 96.0 Å². The minimum absolute atomic E-state index is 0.0815. The van der Waals surface area contributed by atoms with Crippen LogP contribution in [-0.4, -0.2) is 31.5 Å². The molecule has 16 heavy (non-hydrogen) atoms. The van der Waals surface area contributed by atoms with Gasteiger partial charge in [-0.2, -0.15) is 0 Å². The first-order valence-corrected chi connectivity index (χ1v) is 7.01. The SMILES string of the molecule is Cc1nc(NC(C)CS(C)(=O)=O)ccc1N. The second-order valence-corrected chi connectivity index (χ2v) is 6.19. The van der Waals surface area contributed by atoms with Crippen molar-refractivity contribution in [3.63, 3.8) is 0 Å². The lowest BCUT2D eigenvalue weighted by Crippen LogP contribution is -2.25. The molecular weight excluding hydrogens is 226 g/mol. The Morgan fingerprint density at radius 3 is 2.62 bits per heavy atom. The zero-order valence-corrected chi connectivity index (χ0v) is 10.5. The standard InChI is InChI=1S/C10H17N3O2S/c1-7(6-16(3,14)15)12-10-5-4-9(11)8(2)13-10/h4-5,7H,6,11H2,1-3H3,(H,12,13). The minimum Gasteiger partial charge on any atom is -0.397 e. The van der Waals surface area contributed by atoms with Gasteiger partial charge in [0.2, 0.25) is 0 Å². The van der Waals surface area contributed by atoms with Crippen molar-refractivity contribution in [1.82, 2.24) is 4.98 Å². The van der Waals surface area contributed by atoms with Crippen molar-refractivity contribution in [1.29, 1.82) is 0 Å². The smallest absolute Gasteiger partial charge is 0.149 e. The van der Waals surface area contributed by atoms with Crippen molar-refractivity contribution in [3.8, 4) is 0 Å². The molecule has 1 atom stereocenters. The van der Waals surface area contributed by atoms with E-state index in [1.807, 2.05) is 6.92 Å². The van der Waals surface area contributed by atoms with Gasteiger partial charge >= 0.3 is 0 Å². The normalized spacial score (nSPS) is 13.4. The molecule has 0 aromatic carbocycles. The Kier molecular flexibility index (Phi) is 3.74. The Bertz CT molecular complexity index is 471. The number of nitrogens with zero attached hydrogens (tertiary/aromatic N) is 1. The molecule has 0 amide bonds. The van der Waals surface area contributed by atoms with Crippen molar-refractivity contribution in [3.05, 3.63) is 17.8 Å². The van der Waals surface area contributed by atoms with Gasteiger partial charge in [0, 0.05) is 12.3 Å². The molecule has 1 aromatic heterocycles. The van der Waals surface area contributed by atoms with E-state index in [1.54, 1.807) is 19.1 Å². The van der Waals surface area contributed by atoms with Crippen LogP contribution in [0, 0.1) is 6.92 Å². The molecule has 1 aromatic rings. The summed E-state index contributed by atoms with van der Waals surface area (Å²) in [5, 5.41) is 3.02. The third kappa shape index (κ3) is 4.06. The number of pyridine rings is 1. The number of nitrogen functional groups attached to an aromatic ring is 1. The number of hydrogen-bond acceptors (Lipinski definition) is 5. The first-order valence-electron chi connectivity index (χ1n) is 4.95. The molecule has 5 nitrogen and oxygen atoms in total. The molecule has 0 saturated heterocycles. The van der Waals surface area contributed by atoms with Gasteiger partial charge in [0.25, 0.3) is 0 Å². The van der Waals surface area contributed by atoms with Crippen LogP contribution >= 0.6 is 0 Å². The second-order valence-electron chi connectivity index (χ2n) is 4.01. The number of rotatable bonds is 4. The van der Waals surface area contributed by atoms with E-state index >= 15 is 0 Å². The van der Waals surface area contributed by atoms with E-state index in [-0.39, 0.29) is 11.8 Å². The molecule has 0 bridgehead atoms. The number of anilines is 2. The van der Waals surface area contributed by atoms with E-state index in [2.05, 4.69) is 10.3 Å². The number of nitrogens with two attached hydrogens (primary N) is 1. The maximum Gasteiger partial charge on any atom is 0.149 e. The second kappa shape index (κ2) is 4.69. The molecule has 0 fully saturated rings. The molecule has 90 valence electrons. The fourth-order valence-electron chi connectivity index (χ4n) is 1.40. The van der Waals surface area contributed by atoms with Gasteiger partial charge in [0.15, 0.2) is 0 Å². The summed E-state index contributed by atoms with van der Waals surface area (Å²) in [7, 11) is -2.98. The zero-order valence-electron chi connectivity index (χ0n) is 9.69. The van der Waals surface area contributed by atoms with E-state index in [9.17, 15) is 8.42 Å². The Balaban J connectivity index is 2.70. The number of hydrogen-bond donors (Lipinski definition) is 2. The van der Waals surface area contributed by atoms with Gasteiger partial charge in [-0.25, -0.2) is 13.4 Å². The first kappa shape index (κ1) is 12.8.